The molecule has 2 fully saturated rings. The predicted octanol–water partition coefficient (Wildman–Crippen LogP) is 5.52. The van der Waals surface area contributed by atoms with Gasteiger partial charge >= 0.3 is 0 Å². The SMILES string of the molecule is CC(C)n1cc2c(-c3ccc(F)cc3F)nc([C@H]3CCO[C@@H](c4cnn(C5CC5)c4)C3)nc2n1. The maximum atomic E-state index is 14.8. The summed E-state index contributed by atoms with van der Waals surface area (Å²) in [4.78, 5) is 9.62. The fourth-order valence-corrected chi connectivity index (χ4v) is 4.60. The van der Waals surface area contributed by atoms with Crippen molar-refractivity contribution in [3.05, 3.63) is 59.8 Å². The Morgan fingerprint density at radius 3 is 2.71 bits per heavy atom. The minimum absolute atomic E-state index is 0.0267. The number of benzene rings is 1. The van der Waals surface area contributed by atoms with Crippen molar-refractivity contribution in [3.8, 4) is 11.3 Å². The van der Waals surface area contributed by atoms with E-state index in [-0.39, 0.29) is 23.6 Å². The molecule has 34 heavy (non-hydrogen) atoms. The first-order valence-corrected chi connectivity index (χ1v) is 11.8. The summed E-state index contributed by atoms with van der Waals surface area (Å²) in [7, 11) is 0. The lowest BCUT2D eigenvalue weighted by Crippen LogP contribution is -2.20. The zero-order chi connectivity index (χ0) is 23.4. The van der Waals surface area contributed by atoms with E-state index in [0.29, 0.717) is 41.6 Å². The molecule has 4 heterocycles. The van der Waals surface area contributed by atoms with Gasteiger partial charge in [0, 0.05) is 48.2 Å². The van der Waals surface area contributed by atoms with E-state index < -0.39 is 11.6 Å². The number of aromatic nitrogens is 6. The Labute approximate surface area is 195 Å². The number of halogens is 2. The third kappa shape index (κ3) is 3.87. The standard InChI is InChI=1S/C25H26F2N6O/c1-14(2)32-13-20-23(19-6-3-17(26)10-21(19)27)29-24(30-25(20)31-32)15-7-8-34-22(9-15)16-11-28-33(12-16)18-4-5-18/h3,6,10-15,18,22H,4-5,7-9H2,1-2H3/t15-,22+/m0/s1. The van der Waals surface area contributed by atoms with Crippen LogP contribution in [0.2, 0.25) is 0 Å². The minimum Gasteiger partial charge on any atom is -0.373 e. The Kier molecular flexibility index (Phi) is 5.17. The average Bonchev–Trinajstić information content (AvgIpc) is 3.38. The molecule has 0 spiro atoms. The maximum Gasteiger partial charge on any atom is 0.185 e. The number of fused-ring (bicyclic) bond motifs is 1. The Morgan fingerprint density at radius 2 is 1.94 bits per heavy atom. The van der Waals surface area contributed by atoms with Crippen LogP contribution in [0.3, 0.4) is 0 Å². The van der Waals surface area contributed by atoms with Crippen molar-refractivity contribution in [1.82, 2.24) is 29.5 Å². The largest absolute Gasteiger partial charge is 0.373 e. The van der Waals surface area contributed by atoms with Crippen LogP contribution in [0.4, 0.5) is 8.78 Å². The lowest BCUT2D eigenvalue weighted by Gasteiger charge is -2.28. The number of hydrogen-bond acceptors (Lipinski definition) is 5. The summed E-state index contributed by atoms with van der Waals surface area (Å²) >= 11 is 0. The van der Waals surface area contributed by atoms with E-state index in [4.69, 9.17) is 14.7 Å². The molecule has 4 aromatic rings. The Hall–Kier alpha value is -3.20. The zero-order valence-electron chi connectivity index (χ0n) is 19.2. The molecule has 176 valence electrons. The summed E-state index contributed by atoms with van der Waals surface area (Å²) in [6, 6.07) is 4.20. The second-order valence-corrected chi connectivity index (χ2v) is 9.56. The third-order valence-electron chi connectivity index (χ3n) is 6.69. The van der Waals surface area contributed by atoms with Crippen molar-refractivity contribution in [1.29, 1.82) is 0 Å². The molecule has 0 bridgehead atoms. The van der Waals surface area contributed by atoms with Crippen LogP contribution in [-0.4, -0.2) is 36.1 Å². The molecule has 1 aromatic carbocycles. The molecule has 0 amide bonds. The minimum atomic E-state index is -0.652. The normalized spacial score (nSPS) is 21.0. The summed E-state index contributed by atoms with van der Waals surface area (Å²) < 4.78 is 38.3. The average molecular weight is 465 g/mol. The number of nitrogens with zero attached hydrogens (tertiary/aromatic N) is 6. The fraction of sp³-hybridized carbons (Fsp3) is 0.440. The van der Waals surface area contributed by atoms with Crippen molar-refractivity contribution >= 4 is 11.0 Å². The Bertz CT molecular complexity index is 1360. The Morgan fingerprint density at radius 1 is 1.09 bits per heavy atom. The monoisotopic (exact) mass is 464 g/mol. The van der Waals surface area contributed by atoms with E-state index in [9.17, 15) is 8.78 Å². The molecule has 1 saturated carbocycles. The molecule has 0 unspecified atom stereocenters. The van der Waals surface area contributed by atoms with Gasteiger partial charge in [-0.25, -0.2) is 18.7 Å². The van der Waals surface area contributed by atoms with Crippen LogP contribution in [0.15, 0.2) is 36.8 Å². The maximum absolute atomic E-state index is 14.8. The molecule has 1 saturated heterocycles. The van der Waals surface area contributed by atoms with Gasteiger partial charge in [-0.3, -0.25) is 9.36 Å². The molecule has 0 N–H and O–H groups in total. The van der Waals surface area contributed by atoms with Crippen LogP contribution in [0, 0.1) is 11.6 Å². The molecular weight excluding hydrogens is 438 g/mol. The third-order valence-corrected chi connectivity index (χ3v) is 6.69. The molecule has 3 aromatic heterocycles. The molecule has 7 nitrogen and oxygen atoms in total. The van der Waals surface area contributed by atoms with Crippen molar-refractivity contribution in [3.63, 3.8) is 0 Å². The van der Waals surface area contributed by atoms with Crippen molar-refractivity contribution < 1.29 is 13.5 Å². The number of ether oxygens (including phenoxy) is 1. The van der Waals surface area contributed by atoms with E-state index in [1.807, 2.05) is 30.9 Å². The first-order chi connectivity index (χ1) is 16.5. The molecule has 2 aliphatic rings. The summed E-state index contributed by atoms with van der Waals surface area (Å²) in [6.45, 7) is 4.61. The van der Waals surface area contributed by atoms with Crippen LogP contribution in [0.25, 0.3) is 22.3 Å². The first-order valence-electron chi connectivity index (χ1n) is 11.8. The van der Waals surface area contributed by atoms with E-state index in [1.54, 1.807) is 4.68 Å². The predicted molar refractivity (Wildman–Crippen MR) is 122 cm³/mol. The quantitative estimate of drug-likeness (QED) is 0.389. The molecule has 0 radical (unpaired) electrons. The number of hydrogen-bond donors (Lipinski definition) is 0. The fourth-order valence-electron chi connectivity index (χ4n) is 4.60. The lowest BCUT2D eigenvalue weighted by molar-refractivity contribution is 0.00396. The van der Waals surface area contributed by atoms with E-state index >= 15 is 0 Å². The molecule has 1 aliphatic heterocycles. The highest BCUT2D eigenvalue weighted by molar-refractivity contribution is 5.90. The topological polar surface area (TPSA) is 70.7 Å². The highest BCUT2D eigenvalue weighted by atomic mass is 19.1. The highest BCUT2D eigenvalue weighted by Crippen LogP contribution is 2.40. The summed E-state index contributed by atoms with van der Waals surface area (Å²) in [5, 5.41) is 9.78. The van der Waals surface area contributed by atoms with Gasteiger partial charge in [-0.1, -0.05) is 0 Å². The van der Waals surface area contributed by atoms with Gasteiger partial charge in [0.25, 0.3) is 0 Å². The van der Waals surface area contributed by atoms with Crippen LogP contribution in [0.5, 0.6) is 0 Å². The van der Waals surface area contributed by atoms with Gasteiger partial charge < -0.3 is 4.74 Å². The van der Waals surface area contributed by atoms with Gasteiger partial charge in [-0.2, -0.15) is 10.2 Å². The van der Waals surface area contributed by atoms with Gasteiger partial charge in [-0.15, -0.1) is 0 Å². The van der Waals surface area contributed by atoms with Crippen LogP contribution in [-0.2, 0) is 4.74 Å². The van der Waals surface area contributed by atoms with Gasteiger partial charge in [0.15, 0.2) is 5.65 Å². The van der Waals surface area contributed by atoms with E-state index in [0.717, 1.165) is 18.1 Å². The molecule has 9 heteroatoms. The van der Waals surface area contributed by atoms with E-state index in [2.05, 4.69) is 16.4 Å². The number of rotatable bonds is 5. The Balaban J connectivity index is 1.39. The summed E-state index contributed by atoms with van der Waals surface area (Å²) in [6.07, 6.45) is 9.53. The van der Waals surface area contributed by atoms with Gasteiger partial charge in [-0.05, 0) is 51.7 Å². The van der Waals surface area contributed by atoms with Crippen molar-refractivity contribution in [2.24, 2.45) is 0 Å². The van der Waals surface area contributed by atoms with Gasteiger partial charge in [0.2, 0.25) is 0 Å². The smallest absolute Gasteiger partial charge is 0.185 e. The summed E-state index contributed by atoms with van der Waals surface area (Å²) in [5.74, 6) is -0.633. The second-order valence-electron chi connectivity index (χ2n) is 9.56. The van der Waals surface area contributed by atoms with Gasteiger partial charge in [0.05, 0.1) is 29.4 Å². The van der Waals surface area contributed by atoms with Crippen LogP contribution in [0.1, 0.15) is 75.0 Å². The molecular formula is C25H26F2N6O. The van der Waals surface area contributed by atoms with Gasteiger partial charge in [0.1, 0.15) is 17.5 Å². The van der Waals surface area contributed by atoms with Crippen LogP contribution >= 0.6 is 0 Å². The van der Waals surface area contributed by atoms with Crippen molar-refractivity contribution in [2.75, 3.05) is 6.61 Å². The molecule has 1 aliphatic carbocycles. The summed E-state index contributed by atoms with van der Waals surface area (Å²) in [5.41, 5.74) is 2.26. The highest BCUT2D eigenvalue weighted by Gasteiger charge is 2.31. The molecule has 6 rings (SSSR count). The lowest BCUT2D eigenvalue weighted by atomic mass is 9.92. The van der Waals surface area contributed by atoms with E-state index in [1.165, 1.54) is 25.0 Å². The zero-order valence-corrected chi connectivity index (χ0v) is 19.2. The molecule has 2 atom stereocenters. The van der Waals surface area contributed by atoms with Crippen molar-refractivity contribution in [2.45, 2.75) is 63.6 Å². The van der Waals surface area contributed by atoms with Crippen LogP contribution < -0.4 is 0 Å². The first kappa shape index (κ1) is 21.3. The second kappa shape index (κ2) is 8.23.